The van der Waals surface area contributed by atoms with E-state index in [2.05, 4.69) is 21.9 Å². The first kappa shape index (κ1) is 20.1. The minimum Gasteiger partial charge on any atom is -0.439 e. The summed E-state index contributed by atoms with van der Waals surface area (Å²) in [6.07, 6.45) is 6.70. The first-order chi connectivity index (χ1) is 14.1. The highest BCUT2D eigenvalue weighted by Gasteiger charge is 2.16. The number of aryl methyl sites for hydroxylation is 1. The molecule has 0 bridgehead atoms. The lowest BCUT2D eigenvalue weighted by atomic mass is 10.1. The minimum absolute atomic E-state index is 0.237. The van der Waals surface area contributed by atoms with Gasteiger partial charge in [-0.05, 0) is 48.7 Å². The molecular formula is C23H24N4O2. The Labute approximate surface area is 170 Å². The summed E-state index contributed by atoms with van der Waals surface area (Å²) in [4.78, 5) is 22.8. The van der Waals surface area contributed by atoms with Crippen molar-refractivity contribution in [3.63, 3.8) is 0 Å². The van der Waals surface area contributed by atoms with Crippen LogP contribution in [0.5, 0.6) is 11.6 Å². The second kappa shape index (κ2) is 9.50. The first-order valence-corrected chi connectivity index (χ1v) is 9.34. The van der Waals surface area contributed by atoms with Crippen molar-refractivity contribution in [2.24, 2.45) is 0 Å². The van der Waals surface area contributed by atoms with Crippen molar-refractivity contribution in [3.05, 3.63) is 90.4 Å². The molecule has 0 saturated carbocycles. The second-order valence-electron chi connectivity index (χ2n) is 6.58. The molecule has 0 aliphatic heterocycles. The maximum absolute atomic E-state index is 12.7. The Balaban J connectivity index is 1.81. The molecule has 2 aromatic heterocycles. The predicted molar refractivity (Wildman–Crippen MR) is 114 cm³/mol. The van der Waals surface area contributed by atoms with Gasteiger partial charge in [-0.15, -0.1) is 6.58 Å². The number of hydrogen-bond donors (Lipinski definition) is 1. The van der Waals surface area contributed by atoms with Crippen molar-refractivity contribution in [1.82, 2.24) is 15.3 Å². The fourth-order valence-electron chi connectivity index (χ4n) is 2.75. The van der Waals surface area contributed by atoms with Crippen LogP contribution in [-0.2, 0) is 6.54 Å². The number of ether oxygens (including phenoxy) is 1. The van der Waals surface area contributed by atoms with Crippen LogP contribution in [0.1, 0.15) is 16.7 Å². The van der Waals surface area contributed by atoms with Crippen LogP contribution in [0.3, 0.4) is 0 Å². The zero-order valence-corrected chi connectivity index (χ0v) is 16.6. The van der Waals surface area contributed by atoms with E-state index in [1.807, 2.05) is 50.2 Å². The summed E-state index contributed by atoms with van der Waals surface area (Å²) in [5.74, 6) is 1.23. The number of carbonyl (C=O) groups excluding carboxylic acids is 1. The summed E-state index contributed by atoms with van der Waals surface area (Å²) < 4.78 is 5.91. The topological polar surface area (TPSA) is 67.4 Å². The first-order valence-electron chi connectivity index (χ1n) is 9.34. The monoisotopic (exact) mass is 388 g/mol. The molecule has 3 rings (SSSR count). The van der Waals surface area contributed by atoms with Gasteiger partial charge in [0.2, 0.25) is 5.88 Å². The quantitative estimate of drug-likeness (QED) is 0.591. The van der Waals surface area contributed by atoms with E-state index >= 15 is 0 Å². The molecule has 1 aromatic carbocycles. The van der Waals surface area contributed by atoms with Gasteiger partial charge in [0.25, 0.3) is 0 Å². The van der Waals surface area contributed by atoms with Gasteiger partial charge >= 0.3 is 6.03 Å². The molecular weight excluding hydrogens is 364 g/mol. The van der Waals surface area contributed by atoms with E-state index in [9.17, 15) is 4.79 Å². The summed E-state index contributed by atoms with van der Waals surface area (Å²) in [6, 6.07) is 13.0. The number of nitrogens with one attached hydrogen (secondary N) is 1. The van der Waals surface area contributed by atoms with E-state index in [-0.39, 0.29) is 6.03 Å². The number of rotatable bonds is 7. The Morgan fingerprint density at radius 3 is 2.72 bits per heavy atom. The molecule has 0 aliphatic rings. The Morgan fingerprint density at radius 2 is 2.03 bits per heavy atom. The molecule has 0 fully saturated rings. The van der Waals surface area contributed by atoms with Crippen LogP contribution >= 0.6 is 0 Å². The van der Waals surface area contributed by atoms with Gasteiger partial charge in [0, 0.05) is 25.0 Å². The maximum Gasteiger partial charge on any atom is 0.322 e. The van der Waals surface area contributed by atoms with Crippen LogP contribution in [0.2, 0.25) is 0 Å². The molecule has 0 atom stereocenters. The minimum atomic E-state index is -0.237. The van der Waals surface area contributed by atoms with Gasteiger partial charge < -0.3 is 10.1 Å². The molecule has 0 radical (unpaired) electrons. The van der Waals surface area contributed by atoms with Gasteiger partial charge in [-0.1, -0.05) is 24.3 Å². The number of amides is 2. The lowest BCUT2D eigenvalue weighted by Crippen LogP contribution is -2.39. The molecule has 1 N–H and O–H groups in total. The number of hydrogen-bond acceptors (Lipinski definition) is 4. The molecule has 0 spiro atoms. The number of nitrogens with zero attached hydrogens (tertiary/aromatic N) is 3. The number of urea groups is 1. The summed E-state index contributed by atoms with van der Waals surface area (Å²) in [5, 5.41) is 2.81. The zero-order valence-electron chi connectivity index (χ0n) is 16.6. The highest BCUT2D eigenvalue weighted by atomic mass is 16.5. The number of anilines is 1. The third-order valence-corrected chi connectivity index (χ3v) is 4.51. The van der Waals surface area contributed by atoms with Crippen LogP contribution in [0, 0.1) is 13.8 Å². The average Bonchev–Trinajstić information content (AvgIpc) is 2.75. The maximum atomic E-state index is 12.7. The number of aromatic nitrogens is 2. The second-order valence-corrected chi connectivity index (χ2v) is 6.58. The number of pyridine rings is 2. The van der Waals surface area contributed by atoms with Crippen molar-refractivity contribution in [1.29, 1.82) is 0 Å². The smallest absolute Gasteiger partial charge is 0.322 e. The van der Waals surface area contributed by atoms with Crippen molar-refractivity contribution in [3.8, 4) is 11.6 Å². The fraction of sp³-hybridized carbons (Fsp3) is 0.174. The lowest BCUT2D eigenvalue weighted by Gasteiger charge is -2.23. The molecule has 6 nitrogen and oxygen atoms in total. The third kappa shape index (κ3) is 5.19. The highest BCUT2D eigenvalue weighted by molar-refractivity contribution is 5.91. The zero-order chi connectivity index (χ0) is 20.6. The van der Waals surface area contributed by atoms with E-state index in [4.69, 9.17) is 4.74 Å². The van der Waals surface area contributed by atoms with Gasteiger partial charge in [-0.2, -0.15) is 0 Å². The van der Waals surface area contributed by atoms with Crippen LogP contribution in [-0.4, -0.2) is 22.5 Å². The Kier molecular flexibility index (Phi) is 6.58. The predicted octanol–water partition coefficient (Wildman–Crippen LogP) is 4.79. The van der Waals surface area contributed by atoms with Crippen molar-refractivity contribution >= 4 is 11.7 Å². The highest BCUT2D eigenvalue weighted by Crippen LogP contribution is 2.27. The molecule has 0 unspecified atom stereocenters. The average molecular weight is 388 g/mol. The van der Waals surface area contributed by atoms with Crippen LogP contribution in [0.15, 0.2) is 73.7 Å². The van der Waals surface area contributed by atoms with E-state index in [1.165, 1.54) is 0 Å². The Hall–Kier alpha value is -3.67. The van der Waals surface area contributed by atoms with Crippen LogP contribution in [0.25, 0.3) is 0 Å². The third-order valence-electron chi connectivity index (χ3n) is 4.51. The molecule has 0 aliphatic carbocycles. The Bertz CT molecular complexity index is 972. The standard InChI is InChI=1S/C23H24N4O2/c1-4-12-25-23(28)27(16-19-8-6-13-24-14-19)20-10-11-22(26-15-20)29-21-9-5-7-17(2)18(21)3/h4-11,13-15H,1,12,16H2,2-3H3,(H,25,28). The van der Waals surface area contributed by atoms with E-state index in [0.717, 1.165) is 22.4 Å². The van der Waals surface area contributed by atoms with Gasteiger partial charge in [0.1, 0.15) is 5.75 Å². The summed E-state index contributed by atoms with van der Waals surface area (Å²) >= 11 is 0. The van der Waals surface area contributed by atoms with E-state index in [1.54, 1.807) is 35.6 Å². The fourth-order valence-corrected chi connectivity index (χ4v) is 2.75. The SMILES string of the molecule is C=CCNC(=O)N(Cc1cccnc1)c1ccc(Oc2cccc(C)c2C)nc1. The molecule has 0 saturated heterocycles. The summed E-state index contributed by atoms with van der Waals surface area (Å²) in [5.41, 5.74) is 3.79. The van der Waals surface area contributed by atoms with Gasteiger partial charge in [-0.25, -0.2) is 9.78 Å². The van der Waals surface area contributed by atoms with Crippen LogP contribution in [0.4, 0.5) is 10.5 Å². The summed E-state index contributed by atoms with van der Waals surface area (Å²) in [7, 11) is 0. The number of benzene rings is 1. The largest absolute Gasteiger partial charge is 0.439 e. The van der Waals surface area contributed by atoms with Crippen molar-refractivity contribution < 1.29 is 9.53 Å². The Morgan fingerprint density at radius 1 is 1.17 bits per heavy atom. The molecule has 148 valence electrons. The molecule has 6 heteroatoms. The van der Waals surface area contributed by atoms with E-state index in [0.29, 0.717) is 24.7 Å². The van der Waals surface area contributed by atoms with Crippen molar-refractivity contribution in [2.45, 2.75) is 20.4 Å². The van der Waals surface area contributed by atoms with Gasteiger partial charge in [0.15, 0.2) is 0 Å². The molecule has 2 amide bonds. The molecule has 29 heavy (non-hydrogen) atoms. The van der Waals surface area contributed by atoms with Crippen molar-refractivity contribution in [2.75, 3.05) is 11.4 Å². The number of carbonyl (C=O) groups is 1. The summed E-state index contributed by atoms with van der Waals surface area (Å²) in [6.45, 7) is 8.44. The van der Waals surface area contributed by atoms with Gasteiger partial charge in [-0.3, -0.25) is 9.88 Å². The normalized spacial score (nSPS) is 10.3. The lowest BCUT2D eigenvalue weighted by molar-refractivity contribution is 0.247. The molecule has 2 heterocycles. The van der Waals surface area contributed by atoms with Gasteiger partial charge in [0.05, 0.1) is 18.4 Å². The molecule has 3 aromatic rings. The van der Waals surface area contributed by atoms with Crippen LogP contribution < -0.4 is 15.0 Å². The van der Waals surface area contributed by atoms with E-state index < -0.39 is 0 Å².